The van der Waals surface area contributed by atoms with Gasteiger partial charge in [-0.15, -0.1) is 0 Å². The van der Waals surface area contributed by atoms with E-state index in [0.29, 0.717) is 35.1 Å². The smallest absolute Gasteiger partial charge is 0.257 e. The van der Waals surface area contributed by atoms with E-state index in [9.17, 15) is 9.59 Å². The Morgan fingerprint density at radius 2 is 1.75 bits per heavy atom. The summed E-state index contributed by atoms with van der Waals surface area (Å²) in [6, 6.07) is 13.8. The van der Waals surface area contributed by atoms with Crippen LogP contribution in [-0.4, -0.2) is 30.6 Å². The Morgan fingerprint density at radius 3 is 2.39 bits per heavy atom. The van der Waals surface area contributed by atoms with Crippen LogP contribution in [0.3, 0.4) is 0 Å². The highest BCUT2D eigenvalue weighted by atomic mass is 32.1. The molecule has 0 saturated carbocycles. The van der Waals surface area contributed by atoms with Crippen LogP contribution in [0, 0.1) is 5.92 Å². The van der Waals surface area contributed by atoms with E-state index in [1.807, 2.05) is 6.07 Å². The van der Waals surface area contributed by atoms with Gasteiger partial charge >= 0.3 is 0 Å². The molecule has 28 heavy (non-hydrogen) atoms. The van der Waals surface area contributed by atoms with Gasteiger partial charge in [0.1, 0.15) is 5.75 Å². The molecule has 0 aliphatic carbocycles. The maximum atomic E-state index is 12.4. The normalized spacial score (nSPS) is 10.3. The molecule has 0 bridgehead atoms. The van der Waals surface area contributed by atoms with E-state index in [0.717, 1.165) is 6.42 Å². The summed E-state index contributed by atoms with van der Waals surface area (Å²) < 4.78 is 5.69. The number of amides is 2. The minimum absolute atomic E-state index is 0.169. The van der Waals surface area contributed by atoms with E-state index in [4.69, 9.17) is 17.0 Å². The summed E-state index contributed by atoms with van der Waals surface area (Å²) >= 11 is 5.20. The zero-order valence-electron chi connectivity index (χ0n) is 16.2. The van der Waals surface area contributed by atoms with Gasteiger partial charge in [0.15, 0.2) is 5.11 Å². The predicted octanol–water partition coefficient (Wildman–Crippen LogP) is 3.60. The second-order valence-corrected chi connectivity index (χ2v) is 7.03. The van der Waals surface area contributed by atoms with E-state index >= 15 is 0 Å². The van der Waals surface area contributed by atoms with Crippen LogP contribution in [-0.2, 0) is 0 Å². The Hall–Kier alpha value is -2.93. The Morgan fingerprint density at radius 1 is 1.04 bits per heavy atom. The van der Waals surface area contributed by atoms with Crippen molar-refractivity contribution in [2.24, 2.45) is 5.92 Å². The first-order chi connectivity index (χ1) is 13.4. The molecule has 2 rings (SSSR count). The molecule has 0 spiro atoms. The highest BCUT2D eigenvalue weighted by molar-refractivity contribution is 7.80. The van der Waals surface area contributed by atoms with Crippen molar-refractivity contribution in [3.8, 4) is 5.75 Å². The molecular formula is C21H25N3O3S. The second kappa shape index (κ2) is 10.4. The van der Waals surface area contributed by atoms with Crippen LogP contribution in [0.15, 0.2) is 48.5 Å². The van der Waals surface area contributed by atoms with Gasteiger partial charge in [-0.3, -0.25) is 14.9 Å². The molecule has 2 amide bonds. The van der Waals surface area contributed by atoms with Crippen molar-refractivity contribution in [2.75, 3.05) is 19.0 Å². The zero-order chi connectivity index (χ0) is 20.5. The monoisotopic (exact) mass is 399 g/mol. The summed E-state index contributed by atoms with van der Waals surface area (Å²) in [4.78, 5) is 24.0. The predicted molar refractivity (Wildman–Crippen MR) is 115 cm³/mol. The van der Waals surface area contributed by atoms with E-state index in [1.165, 1.54) is 0 Å². The molecule has 0 aliphatic rings. The fraction of sp³-hybridized carbons (Fsp3) is 0.286. The first kappa shape index (κ1) is 21.4. The molecule has 2 aromatic rings. The fourth-order valence-electron chi connectivity index (χ4n) is 2.33. The number of benzene rings is 2. The number of rotatable bonds is 7. The van der Waals surface area contributed by atoms with Crippen LogP contribution >= 0.6 is 12.2 Å². The number of carbonyl (C=O) groups is 2. The molecule has 0 fully saturated rings. The molecule has 0 heterocycles. The van der Waals surface area contributed by atoms with Gasteiger partial charge in [-0.25, -0.2) is 0 Å². The standard InChI is InChI=1S/C21H25N3O3S/c1-14(2)11-12-27-18-6-4-5-16(13-18)20(26)24-21(28)23-17-9-7-15(8-10-17)19(25)22-3/h4-10,13-14H,11-12H2,1-3H3,(H,22,25)(H2,23,24,26,28). The third kappa shape index (κ3) is 6.66. The van der Waals surface area contributed by atoms with Crippen LogP contribution < -0.4 is 20.7 Å². The lowest BCUT2D eigenvalue weighted by Crippen LogP contribution is -2.34. The summed E-state index contributed by atoms with van der Waals surface area (Å²) in [6.07, 6.45) is 0.948. The number of hydrogen-bond acceptors (Lipinski definition) is 4. The first-order valence-corrected chi connectivity index (χ1v) is 9.47. The topological polar surface area (TPSA) is 79.5 Å². The van der Waals surface area contributed by atoms with E-state index < -0.39 is 0 Å². The lowest BCUT2D eigenvalue weighted by molar-refractivity contribution is 0.0959. The molecule has 0 unspecified atom stereocenters. The molecule has 0 atom stereocenters. The summed E-state index contributed by atoms with van der Waals surface area (Å²) in [5.41, 5.74) is 1.67. The number of thiocarbonyl (C=S) groups is 1. The van der Waals surface area contributed by atoms with Crippen LogP contribution in [0.5, 0.6) is 5.75 Å². The highest BCUT2D eigenvalue weighted by Crippen LogP contribution is 2.15. The van der Waals surface area contributed by atoms with Gasteiger partial charge in [-0.2, -0.15) is 0 Å². The first-order valence-electron chi connectivity index (χ1n) is 9.06. The van der Waals surface area contributed by atoms with E-state index in [-0.39, 0.29) is 16.9 Å². The second-order valence-electron chi connectivity index (χ2n) is 6.62. The average molecular weight is 400 g/mol. The van der Waals surface area contributed by atoms with Crippen LogP contribution in [0.4, 0.5) is 5.69 Å². The molecule has 148 valence electrons. The third-order valence-corrected chi connectivity index (χ3v) is 4.12. The van der Waals surface area contributed by atoms with E-state index in [1.54, 1.807) is 49.5 Å². The van der Waals surface area contributed by atoms with Gasteiger partial charge in [-0.1, -0.05) is 19.9 Å². The van der Waals surface area contributed by atoms with Crippen molar-refractivity contribution in [1.29, 1.82) is 0 Å². The maximum absolute atomic E-state index is 12.4. The maximum Gasteiger partial charge on any atom is 0.257 e. The quantitative estimate of drug-likeness (QED) is 0.620. The zero-order valence-corrected chi connectivity index (χ0v) is 17.1. The van der Waals surface area contributed by atoms with Gasteiger partial charge in [0.2, 0.25) is 0 Å². The van der Waals surface area contributed by atoms with Crippen molar-refractivity contribution in [2.45, 2.75) is 20.3 Å². The number of nitrogens with one attached hydrogen (secondary N) is 3. The Bertz CT molecular complexity index is 835. The molecule has 0 radical (unpaired) electrons. The lowest BCUT2D eigenvalue weighted by atomic mass is 10.1. The largest absolute Gasteiger partial charge is 0.494 e. The molecule has 7 heteroatoms. The van der Waals surface area contributed by atoms with Gasteiger partial charge in [0.05, 0.1) is 6.61 Å². The van der Waals surface area contributed by atoms with E-state index in [2.05, 4.69) is 29.8 Å². The van der Waals surface area contributed by atoms with Gasteiger partial charge in [0, 0.05) is 23.9 Å². The summed E-state index contributed by atoms with van der Waals surface area (Å²) in [5.74, 6) is 0.712. The summed E-state index contributed by atoms with van der Waals surface area (Å²) in [6.45, 7) is 4.87. The minimum Gasteiger partial charge on any atom is -0.494 e. The highest BCUT2D eigenvalue weighted by Gasteiger charge is 2.10. The molecule has 6 nitrogen and oxygen atoms in total. The van der Waals surface area contributed by atoms with Crippen molar-refractivity contribution >= 4 is 34.8 Å². The summed E-state index contributed by atoms with van der Waals surface area (Å²) in [7, 11) is 1.57. The molecular weight excluding hydrogens is 374 g/mol. The molecule has 0 saturated heterocycles. The van der Waals surface area contributed by atoms with Crippen molar-refractivity contribution in [1.82, 2.24) is 10.6 Å². The number of hydrogen-bond donors (Lipinski definition) is 3. The molecule has 0 aromatic heterocycles. The SMILES string of the molecule is CNC(=O)c1ccc(NC(=S)NC(=O)c2cccc(OCCC(C)C)c2)cc1. The Balaban J connectivity index is 1.91. The number of anilines is 1. The van der Waals surface area contributed by atoms with Gasteiger partial charge < -0.3 is 15.4 Å². The van der Waals surface area contributed by atoms with Crippen molar-refractivity contribution < 1.29 is 14.3 Å². The van der Waals surface area contributed by atoms with Gasteiger partial charge in [0.25, 0.3) is 11.8 Å². The minimum atomic E-state index is -0.325. The molecule has 3 N–H and O–H groups in total. The Kier molecular flexibility index (Phi) is 7.95. The van der Waals surface area contributed by atoms with Crippen molar-refractivity contribution in [3.05, 3.63) is 59.7 Å². The van der Waals surface area contributed by atoms with Crippen LogP contribution in [0.25, 0.3) is 0 Å². The average Bonchev–Trinajstić information content (AvgIpc) is 2.67. The fourth-order valence-corrected chi connectivity index (χ4v) is 2.54. The molecule has 0 aliphatic heterocycles. The number of ether oxygens (including phenoxy) is 1. The molecule has 2 aromatic carbocycles. The third-order valence-electron chi connectivity index (χ3n) is 3.92. The Labute approximate surface area is 170 Å². The summed E-state index contributed by atoms with van der Waals surface area (Å²) in [5, 5.41) is 8.29. The van der Waals surface area contributed by atoms with Crippen molar-refractivity contribution in [3.63, 3.8) is 0 Å². The number of carbonyl (C=O) groups excluding carboxylic acids is 2. The van der Waals surface area contributed by atoms with Gasteiger partial charge in [-0.05, 0) is 67.0 Å². The van der Waals surface area contributed by atoms with Crippen LogP contribution in [0.1, 0.15) is 41.0 Å². The van der Waals surface area contributed by atoms with Crippen LogP contribution in [0.2, 0.25) is 0 Å². The lowest BCUT2D eigenvalue weighted by Gasteiger charge is -2.11.